The van der Waals surface area contributed by atoms with Crippen LogP contribution in [0.15, 0.2) is 42.5 Å². The molecule has 0 unspecified atom stereocenters. The molecule has 0 aliphatic carbocycles. The highest BCUT2D eigenvalue weighted by molar-refractivity contribution is 6.21. The number of benzene rings is 2. The Morgan fingerprint density at radius 3 is 2.36 bits per heavy atom. The Kier molecular flexibility index (Phi) is 3.55. The molecule has 0 bridgehead atoms. The van der Waals surface area contributed by atoms with Gasteiger partial charge in [-0.2, -0.15) is 0 Å². The van der Waals surface area contributed by atoms with Gasteiger partial charge in [-0.25, -0.2) is 0 Å². The standard InChI is InChI=1S/C17H16N2O3/c1-22-13-5-2-11(3-6-13)8-9-19-16(20)14-7-4-12(18)10-15(14)17(19)21/h2-7,10H,8-9,18H2,1H3. The number of ether oxygens (including phenoxy) is 1. The molecule has 0 radical (unpaired) electrons. The summed E-state index contributed by atoms with van der Waals surface area (Å²) in [6.07, 6.45) is 0.602. The number of hydrogen-bond acceptors (Lipinski definition) is 4. The fraction of sp³-hybridized carbons (Fsp3) is 0.176. The molecule has 5 nitrogen and oxygen atoms in total. The number of nitrogens with two attached hydrogens (primary N) is 1. The highest BCUT2D eigenvalue weighted by Crippen LogP contribution is 2.25. The van der Waals surface area contributed by atoms with Crippen LogP contribution in [0.25, 0.3) is 0 Å². The number of nitrogens with zero attached hydrogens (tertiary/aromatic N) is 1. The van der Waals surface area contributed by atoms with Crippen molar-refractivity contribution in [3.05, 3.63) is 59.2 Å². The molecule has 0 atom stereocenters. The zero-order chi connectivity index (χ0) is 15.7. The van der Waals surface area contributed by atoms with Gasteiger partial charge in [0, 0.05) is 12.2 Å². The van der Waals surface area contributed by atoms with E-state index >= 15 is 0 Å². The van der Waals surface area contributed by atoms with Crippen LogP contribution in [0.5, 0.6) is 5.75 Å². The molecule has 112 valence electrons. The van der Waals surface area contributed by atoms with Crippen LogP contribution in [0.4, 0.5) is 5.69 Å². The zero-order valence-electron chi connectivity index (χ0n) is 12.2. The average molecular weight is 296 g/mol. The third kappa shape index (κ3) is 2.41. The summed E-state index contributed by atoms with van der Waals surface area (Å²) in [6, 6.07) is 12.4. The van der Waals surface area contributed by atoms with Crippen LogP contribution in [-0.4, -0.2) is 30.4 Å². The Hall–Kier alpha value is -2.82. The van der Waals surface area contributed by atoms with Crippen LogP contribution >= 0.6 is 0 Å². The highest BCUT2D eigenvalue weighted by atomic mass is 16.5. The SMILES string of the molecule is COc1ccc(CCN2C(=O)c3ccc(N)cc3C2=O)cc1. The summed E-state index contributed by atoms with van der Waals surface area (Å²) in [5, 5.41) is 0. The Balaban J connectivity index is 1.74. The van der Waals surface area contributed by atoms with Crippen molar-refractivity contribution < 1.29 is 14.3 Å². The van der Waals surface area contributed by atoms with E-state index in [1.165, 1.54) is 4.90 Å². The first-order valence-electron chi connectivity index (χ1n) is 6.99. The molecule has 0 fully saturated rings. The van der Waals surface area contributed by atoms with Gasteiger partial charge in [0.05, 0.1) is 18.2 Å². The number of imide groups is 1. The molecule has 1 aliphatic rings. The van der Waals surface area contributed by atoms with Gasteiger partial charge in [-0.05, 0) is 42.3 Å². The smallest absolute Gasteiger partial charge is 0.261 e. The fourth-order valence-corrected chi connectivity index (χ4v) is 2.54. The number of nitrogen functional groups attached to an aromatic ring is 1. The topological polar surface area (TPSA) is 72.6 Å². The van der Waals surface area contributed by atoms with Gasteiger partial charge in [0.2, 0.25) is 0 Å². The molecule has 0 spiro atoms. The second kappa shape index (κ2) is 5.52. The molecule has 3 rings (SSSR count). The predicted octanol–water partition coefficient (Wildman–Crippen LogP) is 2.12. The normalized spacial score (nSPS) is 13.4. The molecular formula is C17H16N2O3. The van der Waals surface area contributed by atoms with Gasteiger partial charge in [0.25, 0.3) is 11.8 Å². The maximum absolute atomic E-state index is 12.3. The van der Waals surface area contributed by atoms with Crippen molar-refractivity contribution in [3.8, 4) is 5.75 Å². The Labute approximate surface area is 128 Å². The lowest BCUT2D eigenvalue weighted by Crippen LogP contribution is -2.31. The second-order valence-corrected chi connectivity index (χ2v) is 5.17. The number of carbonyl (C=O) groups is 2. The maximum atomic E-state index is 12.3. The summed E-state index contributed by atoms with van der Waals surface area (Å²) < 4.78 is 5.10. The van der Waals surface area contributed by atoms with Gasteiger partial charge in [-0.1, -0.05) is 12.1 Å². The summed E-state index contributed by atoms with van der Waals surface area (Å²) in [7, 11) is 1.61. The highest BCUT2D eigenvalue weighted by Gasteiger charge is 2.35. The molecular weight excluding hydrogens is 280 g/mol. The van der Waals surface area contributed by atoms with Crippen LogP contribution in [0.3, 0.4) is 0 Å². The van der Waals surface area contributed by atoms with Crippen molar-refractivity contribution in [2.24, 2.45) is 0 Å². The summed E-state index contributed by atoms with van der Waals surface area (Å²) in [5.41, 5.74) is 8.02. The molecule has 1 heterocycles. The number of methoxy groups -OCH3 is 1. The lowest BCUT2D eigenvalue weighted by atomic mass is 10.1. The van der Waals surface area contributed by atoms with Crippen molar-refractivity contribution in [2.75, 3.05) is 19.4 Å². The van der Waals surface area contributed by atoms with E-state index in [1.54, 1.807) is 25.3 Å². The second-order valence-electron chi connectivity index (χ2n) is 5.17. The van der Waals surface area contributed by atoms with Crippen LogP contribution in [0, 0.1) is 0 Å². The van der Waals surface area contributed by atoms with Gasteiger partial charge < -0.3 is 10.5 Å². The lowest BCUT2D eigenvalue weighted by Gasteiger charge is -2.13. The third-order valence-corrected chi connectivity index (χ3v) is 3.78. The number of amides is 2. The summed E-state index contributed by atoms with van der Waals surface area (Å²) in [5.74, 6) is 0.245. The molecule has 2 amide bonds. The zero-order valence-corrected chi connectivity index (χ0v) is 12.2. The third-order valence-electron chi connectivity index (χ3n) is 3.78. The minimum Gasteiger partial charge on any atom is -0.497 e. The molecule has 22 heavy (non-hydrogen) atoms. The van der Waals surface area contributed by atoms with Crippen molar-refractivity contribution in [1.82, 2.24) is 4.90 Å². The van der Waals surface area contributed by atoms with E-state index in [1.807, 2.05) is 24.3 Å². The average Bonchev–Trinajstić information content (AvgIpc) is 2.77. The van der Waals surface area contributed by atoms with Gasteiger partial charge in [-0.15, -0.1) is 0 Å². The number of carbonyl (C=O) groups excluding carboxylic acids is 2. The summed E-state index contributed by atoms with van der Waals surface area (Å²) >= 11 is 0. The van der Waals surface area contributed by atoms with Crippen molar-refractivity contribution in [2.45, 2.75) is 6.42 Å². The Morgan fingerprint density at radius 2 is 1.68 bits per heavy atom. The molecule has 0 saturated carbocycles. The molecule has 5 heteroatoms. The largest absolute Gasteiger partial charge is 0.497 e. The first-order valence-corrected chi connectivity index (χ1v) is 6.99. The molecule has 0 saturated heterocycles. The Bertz CT molecular complexity index is 738. The van der Waals surface area contributed by atoms with E-state index < -0.39 is 0 Å². The first-order chi connectivity index (χ1) is 10.6. The van der Waals surface area contributed by atoms with E-state index in [4.69, 9.17) is 10.5 Å². The summed E-state index contributed by atoms with van der Waals surface area (Å²) in [4.78, 5) is 25.9. The minimum absolute atomic E-state index is 0.256. The van der Waals surface area contributed by atoms with Gasteiger partial charge in [0.15, 0.2) is 0 Å². The van der Waals surface area contributed by atoms with E-state index in [0.29, 0.717) is 29.8 Å². The van der Waals surface area contributed by atoms with Crippen molar-refractivity contribution >= 4 is 17.5 Å². The maximum Gasteiger partial charge on any atom is 0.261 e. The minimum atomic E-state index is -0.277. The molecule has 0 aromatic heterocycles. The fourth-order valence-electron chi connectivity index (χ4n) is 2.54. The van der Waals surface area contributed by atoms with Crippen LogP contribution in [0.2, 0.25) is 0 Å². The molecule has 2 N–H and O–H groups in total. The van der Waals surface area contributed by atoms with E-state index in [0.717, 1.165) is 11.3 Å². The number of rotatable bonds is 4. The Morgan fingerprint density at radius 1 is 1.00 bits per heavy atom. The monoisotopic (exact) mass is 296 g/mol. The lowest BCUT2D eigenvalue weighted by molar-refractivity contribution is 0.0656. The number of hydrogen-bond donors (Lipinski definition) is 1. The van der Waals surface area contributed by atoms with E-state index in [2.05, 4.69) is 0 Å². The number of anilines is 1. The van der Waals surface area contributed by atoms with Crippen LogP contribution < -0.4 is 10.5 Å². The van der Waals surface area contributed by atoms with Gasteiger partial charge >= 0.3 is 0 Å². The van der Waals surface area contributed by atoms with Crippen molar-refractivity contribution in [1.29, 1.82) is 0 Å². The van der Waals surface area contributed by atoms with E-state index in [-0.39, 0.29) is 11.8 Å². The van der Waals surface area contributed by atoms with Crippen LogP contribution in [0.1, 0.15) is 26.3 Å². The van der Waals surface area contributed by atoms with E-state index in [9.17, 15) is 9.59 Å². The number of fused-ring (bicyclic) bond motifs is 1. The van der Waals surface area contributed by atoms with Crippen molar-refractivity contribution in [3.63, 3.8) is 0 Å². The first kappa shape index (κ1) is 14.1. The predicted molar refractivity (Wildman–Crippen MR) is 82.9 cm³/mol. The molecule has 2 aromatic rings. The van der Waals surface area contributed by atoms with Crippen LogP contribution in [-0.2, 0) is 6.42 Å². The summed E-state index contributed by atoms with van der Waals surface area (Å²) in [6.45, 7) is 0.346. The quantitative estimate of drug-likeness (QED) is 0.693. The molecule has 1 aliphatic heterocycles. The van der Waals surface area contributed by atoms with Gasteiger partial charge in [-0.3, -0.25) is 14.5 Å². The molecule has 2 aromatic carbocycles. The van der Waals surface area contributed by atoms with Gasteiger partial charge in [0.1, 0.15) is 5.75 Å².